The summed E-state index contributed by atoms with van der Waals surface area (Å²) in [6.07, 6.45) is 0. The Kier molecular flexibility index (Phi) is 5.33. The molecule has 0 saturated carbocycles. The van der Waals surface area contributed by atoms with Crippen LogP contribution in [-0.4, -0.2) is 53.4 Å². The highest BCUT2D eigenvalue weighted by molar-refractivity contribution is 7.10. The summed E-state index contributed by atoms with van der Waals surface area (Å²) < 4.78 is 7.21. The zero-order valence-corrected chi connectivity index (χ0v) is 15.2. The van der Waals surface area contributed by atoms with E-state index in [4.69, 9.17) is 4.74 Å². The fourth-order valence-corrected chi connectivity index (χ4v) is 4.02. The van der Waals surface area contributed by atoms with Crippen LogP contribution in [0.4, 0.5) is 0 Å². The lowest BCUT2D eigenvalue weighted by Crippen LogP contribution is -2.43. The van der Waals surface area contributed by atoms with Gasteiger partial charge in [-0.05, 0) is 25.3 Å². The molecule has 1 amide bonds. The molecule has 1 saturated heterocycles. The molecule has 0 bridgehead atoms. The summed E-state index contributed by atoms with van der Waals surface area (Å²) in [7, 11) is 1.86. The van der Waals surface area contributed by atoms with Crippen LogP contribution < -0.4 is 5.32 Å². The number of amides is 1. The highest BCUT2D eigenvalue weighted by atomic mass is 32.1. The van der Waals surface area contributed by atoms with E-state index < -0.39 is 0 Å². The minimum atomic E-state index is -0.0482. The molecule has 0 aromatic carbocycles. The average Bonchev–Trinajstić information content (AvgIpc) is 3.18. The van der Waals surface area contributed by atoms with Crippen LogP contribution in [0.15, 0.2) is 17.5 Å². The van der Waals surface area contributed by atoms with Crippen LogP contribution in [0, 0.1) is 13.8 Å². The Morgan fingerprint density at radius 1 is 1.42 bits per heavy atom. The molecular weight excluding hydrogens is 324 g/mol. The molecule has 1 aliphatic rings. The van der Waals surface area contributed by atoms with Crippen LogP contribution in [0.1, 0.15) is 32.7 Å². The van der Waals surface area contributed by atoms with Gasteiger partial charge in [0.15, 0.2) is 0 Å². The van der Waals surface area contributed by atoms with Crippen molar-refractivity contribution in [3.8, 4) is 0 Å². The Hall–Kier alpha value is -1.70. The molecule has 130 valence electrons. The summed E-state index contributed by atoms with van der Waals surface area (Å²) in [6, 6.07) is 4.39. The lowest BCUT2D eigenvalue weighted by atomic mass is 10.1. The normalized spacial score (nSPS) is 17.0. The highest BCUT2D eigenvalue weighted by Crippen LogP contribution is 2.25. The van der Waals surface area contributed by atoms with E-state index in [9.17, 15) is 4.79 Å². The molecule has 0 spiro atoms. The number of thiophene rings is 1. The third kappa shape index (κ3) is 3.53. The van der Waals surface area contributed by atoms with Crippen molar-refractivity contribution in [3.63, 3.8) is 0 Å². The van der Waals surface area contributed by atoms with Gasteiger partial charge in [-0.2, -0.15) is 5.10 Å². The Morgan fingerprint density at radius 3 is 2.75 bits per heavy atom. The molecule has 6 nitrogen and oxygen atoms in total. The molecule has 3 rings (SSSR count). The van der Waals surface area contributed by atoms with Crippen molar-refractivity contribution in [2.75, 3.05) is 32.8 Å². The second-order valence-corrected chi connectivity index (χ2v) is 7.04. The van der Waals surface area contributed by atoms with Crippen molar-refractivity contribution in [2.24, 2.45) is 7.05 Å². The standard InChI is InChI=1S/C17H24N4O2S/c1-12-16(13(2)20(3)19-12)17(22)18-11-14(15-5-4-10-24-15)21-6-8-23-9-7-21/h4-5,10,14H,6-9,11H2,1-3H3,(H,18,22)/t14-/m1/s1. The molecule has 3 heterocycles. The summed E-state index contributed by atoms with van der Waals surface area (Å²) in [5, 5.41) is 9.52. The fourth-order valence-electron chi connectivity index (χ4n) is 3.16. The predicted molar refractivity (Wildman–Crippen MR) is 94.5 cm³/mol. The average molecular weight is 348 g/mol. The molecule has 1 aliphatic heterocycles. The van der Waals surface area contributed by atoms with Crippen molar-refractivity contribution in [1.82, 2.24) is 20.0 Å². The maximum Gasteiger partial charge on any atom is 0.255 e. The molecule has 0 aliphatic carbocycles. The van der Waals surface area contributed by atoms with Crippen molar-refractivity contribution in [1.29, 1.82) is 0 Å². The topological polar surface area (TPSA) is 59.4 Å². The first-order chi connectivity index (χ1) is 11.6. The summed E-state index contributed by atoms with van der Waals surface area (Å²) in [5.74, 6) is -0.0482. The number of morpholine rings is 1. The third-order valence-electron chi connectivity index (χ3n) is 4.55. The van der Waals surface area contributed by atoms with E-state index in [0.29, 0.717) is 12.1 Å². The number of nitrogens with zero attached hydrogens (tertiary/aromatic N) is 3. The quantitative estimate of drug-likeness (QED) is 0.897. The number of nitrogens with one attached hydrogen (secondary N) is 1. The molecule has 2 aromatic heterocycles. The van der Waals surface area contributed by atoms with Crippen LogP contribution in [0.5, 0.6) is 0 Å². The molecule has 0 unspecified atom stereocenters. The SMILES string of the molecule is Cc1nn(C)c(C)c1C(=O)NC[C@H](c1cccs1)N1CCOCC1. The number of aryl methyl sites for hydroxylation is 2. The fraction of sp³-hybridized carbons (Fsp3) is 0.529. The lowest BCUT2D eigenvalue weighted by Gasteiger charge is -2.34. The second kappa shape index (κ2) is 7.46. The Labute approximate surface area is 146 Å². The van der Waals surface area contributed by atoms with Crippen LogP contribution in [0.25, 0.3) is 0 Å². The first-order valence-corrected chi connectivity index (χ1v) is 9.09. The van der Waals surface area contributed by atoms with Gasteiger partial charge in [0.1, 0.15) is 0 Å². The first kappa shape index (κ1) is 17.1. The molecule has 1 atom stereocenters. The van der Waals surface area contributed by atoms with Gasteiger partial charge < -0.3 is 10.1 Å². The Bertz CT molecular complexity index is 690. The number of carbonyl (C=O) groups excluding carboxylic acids is 1. The van der Waals surface area contributed by atoms with E-state index in [1.54, 1.807) is 16.0 Å². The Balaban J connectivity index is 1.72. The summed E-state index contributed by atoms with van der Waals surface area (Å²) >= 11 is 1.73. The predicted octanol–water partition coefficient (Wildman–Crippen LogP) is 1.90. The van der Waals surface area contributed by atoms with Gasteiger partial charge in [-0.1, -0.05) is 6.07 Å². The highest BCUT2D eigenvalue weighted by Gasteiger charge is 2.25. The van der Waals surface area contributed by atoms with Gasteiger partial charge >= 0.3 is 0 Å². The maximum absolute atomic E-state index is 12.7. The molecule has 24 heavy (non-hydrogen) atoms. The van der Waals surface area contributed by atoms with E-state index in [1.807, 2.05) is 20.9 Å². The largest absolute Gasteiger partial charge is 0.379 e. The molecule has 2 aromatic rings. The molecule has 0 radical (unpaired) electrons. The van der Waals surface area contributed by atoms with Crippen LogP contribution in [0.2, 0.25) is 0 Å². The molecular formula is C17H24N4O2S. The molecule has 7 heteroatoms. The third-order valence-corrected chi connectivity index (χ3v) is 5.52. The number of hydrogen-bond donors (Lipinski definition) is 1. The van der Waals surface area contributed by atoms with Gasteiger partial charge in [-0.3, -0.25) is 14.4 Å². The number of aromatic nitrogens is 2. The second-order valence-electron chi connectivity index (χ2n) is 6.06. The summed E-state index contributed by atoms with van der Waals surface area (Å²) in [4.78, 5) is 16.3. The summed E-state index contributed by atoms with van der Waals surface area (Å²) in [5.41, 5.74) is 2.35. The van der Waals surface area contributed by atoms with Crippen LogP contribution >= 0.6 is 11.3 Å². The van der Waals surface area contributed by atoms with Crippen molar-refractivity contribution in [3.05, 3.63) is 39.3 Å². The smallest absolute Gasteiger partial charge is 0.255 e. The first-order valence-electron chi connectivity index (χ1n) is 8.21. The van der Waals surface area contributed by atoms with E-state index in [0.717, 1.165) is 37.7 Å². The zero-order valence-electron chi connectivity index (χ0n) is 14.4. The van der Waals surface area contributed by atoms with Crippen LogP contribution in [0.3, 0.4) is 0 Å². The van der Waals surface area contributed by atoms with Crippen molar-refractivity contribution >= 4 is 17.2 Å². The van der Waals surface area contributed by atoms with E-state index in [2.05, 4.69) is 32.8 Å². The molecule has 1 fully saturated rings. The number of carbonyl (C=O) groups is 1. The monoisotopic (exact) mass is 348 g/mol. The van der Waals surface area contributed by atoms with Gasteiger partial charge in [0, 0.05) is 37.3 Å². The Morgan fingerprint density at radius 2 is 2.17 bits per heavy atom. The van der Waals surface area contributed by atoms with E-state index in [1.165, 1.54) is 4.88 Å². The number of hydrogen-bond acceptors (Lipinski definition) is 5. The van der Waals surface area contributed by atoms with Gasteiger partial charge in [0.2, 0.25) is 0 Å². The van der Waals surface area contributed by atoms with Crippen molar-refractivity contribution < 1.29 is 9.53 Å². The van der Waals surface area contributed by atoms with Gasteiger partial charge in [-0.25, -0.2) is 0 Å². The minimum Gasteiger partial charge on any atom is -0.379 e. The van der Waals surface area contributed by atoms with Crippen LogP contribution in [-0.2, 0) is 11.8 Å². The lowest BCUT2D eigenvalue weighted by molar-refractivity contribution is 0.0169. The zero-order chi connectivity index (χ0) is 17.1. The van der Waals surface area contributed by atoms with Gasteiger partial charge in [-0.15, -0.1) is 11.3 Å². The van der Waals surface area contributed by atoms with Crippen molar-refractivity contribution in [2.45, 2.75) is 19.9 Å². The number of rotatable bonds is 5. The van der Waals surface area contributed by atoms with Gasteiger partial charge in [0.25, 0.3) is 5.91 Å². The minimum absolute atomic E-state index is 0.0482. The van der Waals surface area contributed by atoms with E-state index >= 15 is 0 Å². The molecule has 1 N–H and O–H groups in total. The maximum atomic E-state index is 12.7. The van der Waals surface area contributed by atoms with Gasteiger partial charge in [0.05, 0.1) is 30.5 Å². The van der Waals surface area contributed by atoms with E-state index in [-0.39, 0.29) is 11.9 Å². The number of ether oxygens (including phenoxy) is 1. The summed E-state index contributed by atoms with van der Waals surface area (Å²) in [6.45, 7) is 7.67.